The van der Waals surface area contributed by atoms with E-state index in [4.69, 9.17) is 11.6 Å². The molecule has 1 N–H and O–H groups in total. The first-order valence-corrected chi connectivity index (χ1v) is 12.5. The third kappa shape index (κ3) is 6.00. The predicted octanol–water partition coefficient (Wildman–Crippen LogP) is 8.84. The number of carbonyl (C=O) groups excluding carboxylic acids is 1. The van der Waals surface area contributed by atoms with Gasteiger partial charge < -0.3 is 5.32 Å². The molecule has 0 fully saturated rings. The van der Waals surface area contributed by atoms with E-state index in [1.165, 1.54) is 6.07 Å². The van der Waals surface area contributed by atoms with Crippen molar-refractivity contribution in [3.63, 3.8) is 0 Å². The summed E-state index contributed by atoms with van der Waals surface area (Å²) in [6.07, 6.45) is 6.69. The second-order valence-corrected chi connectivity index (χ2v) is 9.10. The van der Waals surface area contributed by atoms with Crippen LogP contribution in [-0.2, 0) is 0 Å². The van der Waals surface area contributed by atoms with Crippen LogP contribution >= 0.6 is 11.6 Å². The van der Waals surface area contributed by atoms with E-state index in [2.05, 4.69) is 17.2 Å². The quantitative estimate of drug-likeness (QED) is 0.230. The highest BCUT2D eigenvalue weighted by molar-refractivity contribution is 6.31. The van der Waals surface area contributed by atoms with Crippen LogP contribution in [-0.4, -0.2) is 17.6 Å². The number of anilines is 2. The summed E-state index contributed by atoms with van der Waals surface area (Å²) in [5.74, 6) is -1.54. The summed E-state index contributed by atoms with van der Waals surface area (Å²) >= 11 is 6.35. The molecule has 0 saturated heterocycles. The molecular weight excluding hydrogens is 480 g/mol. The molecule has 0 saturated carbocycles. The minimum atomic E-state index is -0.835. The molecule has 0 unspecified atom stereocenters. The van der Waals surface area contributed by atoms with Gasteiger partial charge in [0.15, 0.2) is 0 Å². The van der Waals surface area contributed by atoms with Gasteiger partial charge in [-0.05, 0) is 42.3 Å². The zero-order chi connectivity index (χ0) is 25.5. The summed E-state index contributed by atoms with van der Waals surface area (Å²) in [6, 6.07) is 17.8. The summed E-state index contributed by atoms with van der Waals surface area (Å²) in [6.45, 7) is 2.56. The Bertz CT molecular complexity index is 1350. The van der Waals surface area contributed by atoms with E-state index in [-0.39, 0.29) is 5.69 Å². The largest absolute Gasteiger partial charge is 0.326 e. The monoisotopic (exact) mass is 507 g/mol. The smallest absolute Gasteiger partial charge is 0.305 e. The number of unbranched alkanes of at least 4 members (excludes halogenated alkanes) is 4. The summed E-state index contributed by atoms with van der Waals surface area (Å²) in [5, 5.41) is 3.98. The molecule has 0 aliphatic carbocycles. The number of amides is 2. The molecule has 4 nitrogen and oxygen atoms in total. The van der Waals surface area contributed by atoms with Crippen molar-refractivity contribution in [3.05, 3.63) is 89.6 Å². The lowest BCUT2D eigenvalue weighted by atomic mass is 9.98. The van der Waals surface area contributed by atoms with Gasteiger partial charge in [-0.15, -0.1) is 0 Å². The Morgan fingerprint density at radius 2 is 1.75 bits per heavy atom. The molecule has 186 valence electrons. The Morgan fingerprint density at radius 1 is 0.972 bits per heavy atom. The fourth-order valence-corrected chi connectivity index (χ4v) is 4.42. The van der Waals surface area contributed by atoms with Crippen LogP contribution in [0.15, 0.2) is 72.9 Å². The number of hydrogen-bond acceptors (Lipinski definition) is 2. The number of nitrogens with one attached hydrogen (secondary N) is 1. The first-order valence-electron chi connectivity index (χ1n) is 12.1. The molecule has 3 aromatic carbocycles. The Balaban J connectivity index is 1.79. The summed E-state index contributed by atoms with van der Waals surface area (Å²) in [4.78, 5) is 19.7. The van der Waals surface area contributed by atoms with Crippen LogP contribution in [0.25, 0.3) is 22.0 Å². The van der Waals surface area contributed by atoms with Gasteiger partial charge in [-0.2, -0.15) is 0 Å². The van der Waals surface area contributed by atoms with Crippen LogP contribution in [0.2, 0.25) is 5.02 Å². The number of pyridine rings is 1. The highest BCUT2D eigenvalue weighted by Crippen LogP contribution is 2.38. The van der Waals surface area contributed by atoms with Gasteiger partial charge in [0, 0.05) is 28.6 Å². The number of aromatic nitrogens is 1. The second-order valence-electron chi connectivity index (χ2n) is 8.67. The number of halogens is 3. The van der Waals surface area contributed by atoms with Crippen molar-refractivity contribution in [2.75, 3.05) is 16.8 Å². The lowest BCUT2D eigenvalue weighted by Crippen LogP contribution is -2.36. The first-order chi connectivity index (χ1) is 17.5. The highest BCUT2D eigenvalue weighted by atomic mass is 35.5. The topological polar surface area (TPSA) is 45.2 Å². The van der Waals surface area contributed by atoms with Crippen molar-refractivity contribution in [1.82, 2.24) is 4.98 Å². The van der Waals surface area contributed by atoms with Gasteiger partial charge in [-0.25, -0.2) is 13.6 Å². The number of benzene rings is 3. The van der Waals surface area contributed by atoms with Crippen LogP contribution in [0, 0.1) is 11.6 Å². The van der Waals surface area contributed by atoms with Gasteiger partial charge in [0.05, 0.1) is 23.1 Å². The number of hydrogen-bond donors (Lipinski definition) is 1. The van der Waals surface area contributed by atoms with E-state index in [0.29, 0.717) is 17.3 Å². The van der Waals surface area contributed by atoms with Crippen molar-refractivity contribution < 1.29 is 13.6 Å². The van der Waals surface area contributed by atoms with E-state index in [1.807, 2.05) is 42.5 Å². The number of carbonyl (C=O) groups is 1. The standard InChI is InChI=1S/C29H28ClF2N3O/c1-2-3-4-5-9-16-35(29(36)34-26-15-13-22(31)18-24(26)32)27-19-33-25-14-12-21(30)17-23(25)28(27)20-10-7-6-8-11-20/h6-8,10-15,17-19H,2-5,9,16H2,1H3,(H,34,36). The van der Waals surface area contributed by atoms with Crippen molar-refractivity contribution >= 4 is 39.9 Å². The average Bonchev–Trinajstić information content (AvgIpc) is 2.87. The van der Waals surface area contributed by atoms with Crippen molar-refractivity contribution in [2.24, 2.45) is 0 Å². The molecule has 4 rings (SSSR count). The molecule has 4 aromatic rings. The molecule has 36 heavy (non-hydrogen) atoms. The molecule has 1 aromatic heterocycles. The Hall–Kier alpha value is -3.51. The lowest BCUT2D eigenvalue weighted by Gasteiger charge is -2.26. The first kappa shape index (κ1) is 25.6. The second kappa shape index (κ2) is 12.0. The van der Waals surface area contributed by atoms with Crippen molar-refractivity contribution in [2.45, 2.75) is 39.0 Å². The molecule has 2 amide bonds. The predicted molar refractivity (Wildman–Crippen MR) is 144 cm³/mol. The molecule has 0 atom stereocenters. The van der Waals surface area contributed by atoms with E-state index >= 15 is 0 Å². The number of urea groups is 1. The Kier molecular flexibility index (Phi) is 8.49. The van der Waals surface area contributed by atoms with Crippen LogP contribution < -0.4 is 10.2 Å². The van der Waals surface area contributed by atoms with Gasteiger partial charge in [0.25, 0.3) is 0 Å². The van der Waals surface area contributed by atoms with Gasteiger partial charge in [-0.1, -0.05) is 74.5 Å². The molecule has 1 heterocycles. The number of fused-ring (bicyclic) bond motifs is 1. The van der Waals surface area contributed by atoms with Gasteiger partial charge in [0.2, 0.25) is 0 Å². The normalized spacial score (nSPS) is 11.0. The van der Waals surface area contributed by atoms with Crippen LogP contribution in [0.4, 0.5) is 25.0 Å². The molecule has 0 bridgehead atoms. The van der Waals surface area contributed by atoms with Crippen LogP contribution in [0.1, 0.15) is 39.0 Å². The summed E-state index contributed by atoms with van der Waals surface area (Å²) in [7, 11) is 0. The number of nitrogens with zero attached hydrogens (tertiary/aromatic N) is 2. The molecule has 0 radical (unpaired) electrons. The maximum atomic E-state index is 14.4. The zero-order valence-electron chi connectivity index (χ0n) is 20.1. The SMILES string of the molecule is CCCCCCCN(C(=O)Nc1ccc(F)cc1F)c1cnc2ccc(Cl)cc2c1-c1ccccc1. The Morgan fingerprint density at radius 3 is 2.50 bits per heavy atom. The minimum Gasteiger partial charge on any atom is -0.305 e. The molecule has 0 aliphatic heterocycles. The van der Waals surface area contributed by atoms with E-state index < -0.39 is 17.7 Å². The Labute approximate surface area is 214 Å². The van der Waals surface area contributed by atoms with Gasteiger partial charge >= 0.3 is 6.03 Å². The van der Waals surface area contributed by atoms with Crippen LogP contribution in [0.5, 0.6) is 0 Å². The molecule has 0 aliphatic rings. The maximum Gasteiger partial charge on any atom is 0.326 e. The van der Waals surface area contributed by atoms with Crippen molar-refractivity contribution in [3.8, 4) is 11.1 Å². The average molecular weight is 508 g/mol. The highest BCUT2D eigenvalue weighted by Gasteiger charge is 2.23. The molecule has 7 heteroatoms. The number of rotatable bonds is 9. The lowest BCUT2D eigenvalue weighted by molar-refractivity contribution is 0.256. The zero-order valence-corrected chi connectivity index (χ0v) is 20.9. The summed E-state index contributed by atoms with van der Waals surface area (Å²) < 4.78 is 27.8. The van der Waals surface area contributed by atoms with E-state index in [1.54, 1.807) is 17.2 Å². The van der Waals surface area contributed by atoms with Crippen molar-refractivity contribution in [1.29, 1.82) is 0 Å². The van der Waals surface area contributed by atoms with Gasteiger partial charge in [0.1, 0.15) is 11.6 Å². The minimum absolute atomic E-state index is 0.0876. The van der Waals surface area contributed by atoms with E-state index in [0.717, 1.165) is 66.3 Å². The third-order valence-electron chi connectivity index (χ3n) is 6.07. The van der Waals surface area contributed by atoms with Gasteiger partial charge in [-0.3, -0.25) is 9.88 Å². The maximum absolute atomic E-state index is 14.4. The van der Waals surface area contributed by atoms with Crippen LogP contribution in [0.3, 0.4) is 0 Å². The fraction of sp³-hybridized carbons (Fsp3) is 0.241. The fourth-order valence-electron chi connectivity index (χ4n) is 4.25. The molecular formula is C29H28ClF2N3O. The summed E-state index contributed by atoms with van der Waals surface area (Å²) in [5.41, 5.74) is 2.96. The molecule has 0 spiro atoms. The third-order valence-corrected chi connectivity index (χ3v) is 6.30. The van der Waals surface area contributed by atoms with E-state index in [9.17, 15) is 13.6 Å².